The van der Waals surface area contributed by atoms with E-state index >= 15 is 0 Å². The van der Waals surface area contributed by atoms with E-state index in [9.17, 15) is 19.8 Å². The molecule has 3 atom stereocenters. The van der Waals surface area contributed by atoms with Crippen LogP contribution >= 0.6 is 0 Å². The Morgan fingerprint density at radius 2 is 1.36 bits per heavy atom. The van der Waals surface area contributed by atoms with E-state index < -0.39 is 5.60 Å². The smallest absolute Gasteiger partial charge is 0.302 e. The van der Waals surface area contributed by atoms with Gasteiger partial charge in [0.05, 0.1) is 11.7 Å². The predicted molar refractivity (Wildman–Crippen MR) is 195 cm³/mol. The molecule has 1 saturated carbocycles. The molecule has 0 aromatic heterocycles. The lowest BCUT2D eigenvalue weighted by molar-refractivity contribution is -0.152. The second kappa shape index (κ2) is 17.1. The SMILES string of the molecule is CC(=O)O[C@H]1CC(C)(C)C(=C=C/C(C)=C/C=C/C(C)=C/C=C/C=C(C)/C=C/C=C(\C)C(=O)CC2=C(C)C[C@@H](O)CC2(C)C)[C@](C)(O)C1. The van der Waals surface area contributed by atoms with Gasteiger partial charge in [0.1, 0.15) is 6.10 Å². The first kappa shape index (κ1) is 39.7. The molecule has 256 valence electrons. The van der Waals surface area contributed by atoms with E-state index in [1.165, 1.54) is 6.92 Å². The maximum Gasteiger partial charge on any atom is 0.302 e. The van der Waals surface area contributed by atoms with Crippen LogP contribution in [0.2, 0.25) is 0 Å². The molecule has 0 aliphatic heterocycles. The van der Waals surface area contributed by atoms with Gasteiger partial charge in [-0.3, -0.25) is 9.59 Å². The molecule has 2 rings (SSSR count). The normalized spacial score (nSPS) is 25.9. The molecule has 0 bridgehead atoms. The number of rotatable bonds is 11. The van der Waals surface area contributed by atoms with Crippen molar-refractivity contribution in [2.24, 2.45) is 10.8 Å². The summed E-state index contributed by atoms with van der Waals surface area (Å²) in [6.45, 7) is 21.5. The average Bonchev–Trinajstić information content (AvgIpc) is 2.90. The topological polar surface area (TPSA) is 83.8 Å². The highest BCUT2D eigenvalue weighted by Gasteiger charge is 2.46. The number of carbonyl (C=O) groups excluding carboxylic acids is 2. The van der Waals surface area contributed by atoms with Crippen molar-refractivity contribution in [1.29, 1.82) is 0 Å². The van der Waals surface area contributed by atoms with Gasteiger partial charge >= 0.3 is 5.97 Å². The van der Waals surface area contributed by atoms with E-state index in [4.69, 9.17) is 4.74 Å². The molecule has 0 amide bonds. The Labute approximate surface area is 284 Å². The van der Waals surface area contributed by atoms with Gasteiger partial charge in [0, 0.05) is 25.3 Å². The molecule has 0 aromatic carbocycles. The van der Waals surface area contributed by atoms with E-state index in [-0.39, 0.29) is 34.8 Å². The van der Waals surface area contributed by atoms with Crippen LogP contribution in [0, 0.1) is 10.8 Å². The maximum atomic E-state index is 12.9. The minimum absolute atomic E-state index is 0.124. The Bertz CT molecular complexity index is 1470. The molecule has 0 heterocycles. The van der Waals surface area contributed by atoms with Gasteiger partial charge in [-0.1, -0.05) is 111 Å². The van der Waals surface area contributed by atoms with E-state index in [1.54, 1.807) is 6.92 Å². The molecule has 2 N–H and O–H groups in total. The van der Waals surface area contributed by atoms with Gasteiger partial charge in [-0.05, 0) is 88.9 Å². The van der Waals surface area contributed by atoms with Crippen molar-refractivity contribution in [3.63, 3.8) is 0 Å². The molecule has 5 heteroatoms. The third-order valence-corrected chi connectivity index (χ3v) is 9.01. The number of aliphatic hydroxyl groups is 2. The molecule has 5 nitrogen and oxygen atoms in total. The Morgan fingerprint density at radius 1 is 0.809 bits per heavy atom. The third-order valence-electron chi connectivity index (χ3n) is 9.01. The van der Waals surface area contributed by atoms with Gasteiger partial charge in [0.25, 0.3) is 0 Å². The first-order chi connectivity index (χ1) is 21.7. The number of ketones is 1. The lowest BCUT2D eigenvalue weighted by Gasteiger charge is -2.44. The van der Waals surface area contributed by atoms with E-state index in [2.05, 4.69) is 19.6 Å². The second-order valence-electron chi connectivity index (χ2n) is 15.0. The number of aliphatic hydroxyl groups excluding tert-OH is 1. The summed E-state index contributed by atoms with van der Waals surface area (Å²) in [5, 5.41) is 21.2. The lowest BCUT2D eigenvalue weighted by Crippen LogP contribution is -2.46. The van der Waals surface area contributed by atoms with Gasteiger partial charge in [0.2, 0.25) is 0 Å². The van der Waals surface area contributed by atoms with Gasteiger partial charge in [-0.25, -0.2) is 0 Å². The monoisotopic (exact) mass is 642 g/mol. The maximum absolute atomic E-state index is 12.9. The number of esters is 1. The molecule has 2 aliphatic rings. The Morgan fingerprint density at radius 3 is 1.89 bits per heavy atom. The fourth-order valence-electron chi connectivity index (χ4n) is 6.76. The summed E-state index contributed by atoms with van der Waals surface area (Å²) in [6.07, 6.45) is 23.9. The Hall–Kier alpha value is -3.50. The molecule has 0 unspecified atom stereocenters. The predicted octanol–water partition coefficient (Wildman–Crippen LogP) is 9.48. The molecule has 0 aromatic rings. The quantitative estimate of drug-likeness (QED) is 0.0771. The molecule has 0 radical (unpaired) electrons. The van der Waals surface area contributed by atoms with Crippen molar-refractivity contribution in [2.45, 2.75) is 126 Å². The van der Waals surface area contributed by atoms with Crippen molar-refractivity contribution in [1.82, 2.24) is 0 Å². The molecule has 47 heavy (non-hydrogen) atoms. The number of allylic oxidation sites excluding steroid dienone is 15. The number of hydrogen-bond acceptors (Lipinski definition) is 5. The molecule has 1 fully saturated rings. The van der Waals surface area contributed by atoms with Crippen LogP contribution in [0.5, 0.6) is 0 Å². The Balaban J connectivity index is 1.97. The summed E-state index contributed by atoms with van der Waals surface area (Å²) in [5.41, 5.74) is 8.75. The van der Waals surface area contributed by atoms with Crippen LogP contribution in [-0.2, 0) is 14.3 Å². The molecular formula is C42H58O5. The summed E-state index contributed by atoms with van der Waals surface area (Å²) in [4.78, 5) is 24.3. The van der Waals surface area contributed by atoms with Crippen molar-refractivity contribution >= 4 is 11.8 Å². The highest BCUT2D eigenvalue weighted by Crippen LogP contribution is 2.46. The molecular weight excluding hydrogens is 584 g/mol. The van der Waals surface area contributed by atoms with Crippen molar-refractivity contribution in [3.05, 3.63) is 112 Å². The van der Waals surface area contributed by atoms with Crippen LogP contribution in [0.1, 0.15) is 108 Å². The number of hydrogen-bond donors (Lipinski definition) is 2. The average molecular weight is 643 g/mol. The van der Waals surface area contributed by atoms with Crippen molar-refractivity contribution in [3.8, 4) is 0 Å². The molecule has 2 aliphatic carbocycles. The highest BCUT2D eigenvalue weighted by atomic mass is 16.5. The summed E-state index contributed by atoms with van der Waals surface area (Å²) in [5.74, 6) is -0.201. The highest BCUT2D eigenvalue weighted by molar-refractivity contribution is 5.96. The zero-order chi connectivity index (χ0) is 35.6. The number of ether oxygens (including phenoxy) is 1. The van der Waals surface area contributed by atoms with Gasteiger partial charge < -0.3 is 14.9 Å². The van der Waals surface area contributed by atoms with Crippen molar-refractivity contribution in [2.75, 3.05) is 0 Å². The molecule has 0 spiro atoms. The van der Waals surface area contributed by atoms with Crippen molar-refractivity contribution < 1.29 is 24.5 Å². The van der Waals surface area contributed by atoms with Crippen LogP contribution < -0.4 is 0 Å². The summed E-state index contributed by atoms with van der Waals surface area (Å²) >= 11 is 0. The summed E-state index contributed by atoms with van der Waals surface area (Å²) in [6, 6.07) is 0. The van der Waals surface area contributed by atoms with Crippen LogP contribution in [-0.4, -0.2) is 39.8 Å². The van der Waals surface area contributed by atoms with Crippen LogP contribution in [0.15, 0.2) is 112 Å². The second-order valence-corrected chi connectivity index (χ2v) is 15.0. The number of carbonyl (C=O) groups is 2. The number of Topliss-reactive ketones (excluding diaryl/α,β-unsaturated/α-hetero) is 1. The van der Waals surface area contributed by atoms with Gasteiger partial charge in [0.15, 0.2) is 5.78 Å². The standard InChI is InChI=1S/C42H58O5/c1-29(18-14-19-31(3)22-23-39-41(9,10)27-36(47-34(6)43)28-42(39,11)46)16-12-13-17-30(2)20-15-21-32(4)38(45)25-37-33(5)24-35(44)26-40(37,7)8/h12-22,35-36,44,46H,24-28H2,1-11H3/b13-12+,18-14+,20-15+,29-16+,30-17+,31-19+,32-21+/t23?,35-,36+,42-/m1/s1. The van der Waals surface area contributed by atoms with E-state index in [0.717, 1.165) is 39.0 Å². The fourth-order valence-corrected chi connectivity index (χ4v) is 6.76. The summed E-state index contributed by atoms with van der Waals surface area (Å²) in [7, 11) is 0. The van der Waals surface area contributed by atoms with E-state index in [1.807, 2.05) is 115 Å². The Kier molecular flexibility index (Phi) is 14.4. The first-order valence-electron chi connectivity index (χ1n) is 16.7. The van der Waals surface area contributed by atoms with Crippen LogP contribution in [0.3, 0.4) is 0 Å². The first-order valence-corrected chi connectivity index (χ1v) is 16.7. The minimum Gasteiger partial charge on any atom is -0.462 e. The lowest BCUT2D eigenvalue weighted by atomic mass is 9.65. The molecule has 0 saturated heterocycles. The zero-order valence-corrected chi connectivity index (χ0v) is 30.7. The van der Waals surface area contributed by atoms with Gasteiger partial charge in [-0.2, -0.15) is 0 Å². The summed E-state index contributed by atoms with van der Waals surface area (Å²) < 4.78 is 5.41. The fraction of sp³-hybridized carbons (Fsp3) is 0.500. The van der Waals surface area contributed by atoms with Gasteiger partial charge in [-0.15, -0.1) is 5.73 Å². The van der Waals surface area contributed by atoms with E-state index in [0.29, 0.717) is 32.1 Å². The third kappa shape index (κ3) is 12.9. The largest absolute Gasteiger partial charge is 0.462 e. The van der Waals surface area contributed by atoms with Crippen LogP contribution in [0.4, 0.5) is 0 Å². The van der Waals surface area contributed by atoms with Crippen LogP contribution in [0.25, 0.3) is 0 Å². The minimum atomic E-state index is -1.10. The zero-order valence-electron chi connectivity index (χ0n) is 30.7.